The van der Waals surface area contributed by atoms with Gasteiger partial charge in [0, 0.05) is 19.1 Å². The molecule has 0 aromatic rings. The Balaban J connectivity index is 3.75. The van der Waals surface area contributed by atoms with Gasteiger partial charge in [-0.15, -0.1) is 0 Å². The van der Waals surface area contributed by atoms with Gasteiger partial charge < -0.3 is 11.1 Å². The van der Waals surface area contributed by atoms with E-state index in [4.69, 9.17) is 5.73 Å². The molecule has 0 heterocycles. The van der Waals surface area contributed by atoms with Crippen LogP contribution in [0.4, 0.5) is 0 Å². The molecule has 3 N–H and O–H groups in total. The zero-order valence-electron chi connectivity index (χ0n) is 9.15. The lowest BCUT2D eigenvalue weighted by atomic mass is 9.81. The van der Waals surface area contributed by atoms with Crippen LogP contribution in [0.1, 0.15) is 34.6 Å². The Kier molecular flexibility index (Phi) is 4.80. The van der Waals surface area contributed by atoms with E-state index in [0.29, 0.717) is 23.9 Å². The van der Waals surface area contributed by atoms with E-state index in [1.165, 1.54) is 0 Å². The summed E-state index contributed by atoms with van der Waals surface area (Å²) in [5.74, 6) is 0.704. The standard InChI is InChI=1S/C10H24N2/c1-8(2)10(4,5)7-12-9(3)6-11/h8-9,12H,6-7,11H2,1-5H3. The molecule has 0 amide bonds. The van der Waals surface area contributed by atoms with Crippen LogP contribution in [0, 0.1) is 11.3 Å². The van der Waals surface area contributed by atoms with Gasteiger partial charge in [-0.2, -0.15) is 0 Å². The van der Waals surface area contributed by atoms with Crippen molar-refractivity contribution in [3.8, 4) is 0 Å². The highest BCUT2D eigenvalue weighted by Crippen LogP contribution is 2.24. The molecule has 0 aromatic heterocycles. The van der Waals surface area contributed by atoms with Gasteiger partial charge in [0.2, 0.25) is 0 Å². The Morgan fingerprint density at radius 2 is 1.75 bits per heavy atom. The molecule has 0 rings (SSSR count). The van der Waals surface area contributed by atoms with Crippen molar-refractivity contribution in [3.05, 3.63) is 0 Å². The highest BCUT2D eigenvalue weighted by atomic mass is 14.9. The normalized spacial score (nSPS) is 15.2. The maximum absolute atomic E-state index is 5.51. The van der Waals surface area contributed by atoms with Gasteiger partial charge in [0.15, 0.2) is 0 Å². The minimum Gasteiger partial charge on any atom is -0.329 e. The molecule has 0 aliphatic heterocycles. The Labute approximate surface area is 76.9 Å². The van der Waals surface area contributed by atoms with Crippen LogP contribution in [0.2, 0.25) is 0 Å². The summed E-state index contributed by atoms with van der Waals surface area (Å²) >= 11 is 0. The van der Waals surface area contributed by atoms with Crippen LogP contribution >= 0.6 is 0 Å². The second-order valence-electron chi connectivity index (χ2n) is 4.66. The lowest BCUT2D eigenvalue weighted by Crippen LogP contribution is -2.41. The number of hydrogen-bond acceptors (Lipinski definition) is 2. The maximum atomic E-state index is 5.51. The highest BCUT2D eigenvalue weighted by molar-refractivity contribution is 4.76. The molecule has 74 valence electrons. The molecule has 0 saturated heterocycles. The molecule has 2 heteroatoms. The SMILES string of the molecule is CC(CN)NCC(C)(C)C(C)C. The molecular formula is C10H24N2. The predicted octanol–water partition coefficient (Wildman–Crippen LogP) is 1.61. The van der Waals surface area contributed by atoms with Crippen molar-refractivity contribution in [2.24, 2.45) is 17.1 Å². The average molecular weight is 172 g/mol. The van der Waals surface area contributed by atoms with Crippen LogP contribution in [0.15, 0.2) is 0 Å². The molecular weight excluding hydrogens is 148 g/mol. The number of nitrogens with one attached hydrogen (secondary N) is 1. The fraction of sp³-hybridized carbons (Fsp3) is 1.00. The summed E-state index contributed by atoms with van der Waals surface area (Å²) in [6.07, 6.45) is 0. The van der Waals surface area contributed by atoms with Crippen LogP contribution in [-0.2, 0) is 0 Å². The third kappa shape index (κ3) is 4.07. The van der Waals surface area contributed by atoms with Crippen molar-refractivity contribution < 1.29 is 0 Å². The van der Waals surface area contributed by atoms with Crippen molar-refractivity contribution >= 4 is 0 Å². The van der Waals surface area contributed by atoms with E-state index in [2.05, 4.69) is 39.9 Å². The molecule has 0 bridgehead atoms. The Bertz CT molecular complexity index is 119. The second kappa shape index (κ2) is 4.83. The first kappa shape index (κ1) is 11.9. The summed E-state index contributed by atoms with van der Waals surface area (Å²) in [5, 5.41) is 3.43. The largest absolute Gasteiger partial charge is 0.329 e. The first-order chi connectivity index (χ1) is 5.40. The van der Waals surface area contributed by atoms with Gasteiger partial charge in [-0.1, -0.05) is 27.7 Å². The first-order valence-corrected chi connectivity index (χ1v) is 4.83. The fourth-order valence-corrected chi connectivity index (χ4v) is 0.725. The minimum absolute atomic E-state index is 0.365. The molecule has 12 heavy (non-hydrogen) atoms. The molecule has 0 radical (unpaired) electrons. The molecule has 2 nitrogen and oxygen atoms in total. The topological polar surface area (TPSA) is 38.0 Å². The zero-order chi connectivity index (χ0) is 9.78. The van der Waals surface area contributed by atoms with Gasteiger partial charge in [-0.05, 0) is 18.3 Å². The Morgan fingerprint density at radius 1 is 1.25 bits per heavy atom. The highest BCUT2D eigenvalue weighted by Gasteiger charge is 2.22. The molecule has 0 aliphatic rings. The van der Waals surface area contributed by atoms with E-state index in [0.717, 1.165) is 6.54 Å². The van der Waals surface area contributed by atoms with Gasteiger partial charge >= 0.3 is 0 Å². The fourth-order valence-electron chi connectivity index (χ4n) is 0.725. The maximum Gasteiger partial charge on any atom is 0.0162 e. The Morgan fingerprint density at radius 3 is 2.08 bits per heavy atom. The van der Waals surface area contributed by atoms with Gasteiger partial charge in [0.25, 0.3) is 0 Å². The zero-order valence-corrected chi connectivity index (χ0v) is 9.15. The van der Waals surface area contributed by atoms with E-state index in [1.807, 2.05) is 0 Å². The molecule has 0 fully saturated rings. The quantitative estimate of drug-likeness (QED) is 0.661. The third-order valence-corrected chi connectivity index (χ3v) is 2.82. The van der Waals surface area contributed by atoms with Crippen molar-refractivity contribution in [2.45, 2.75) is 40.7 Å². The molecule has 0 saturated carbocycles. The first-order valence-electron chi connectivity index (χ1n) is 4.83. The number of hydrogen-bond donors (Lipinski definition) is 2. The lowest BCUT2D eigenvalue weighted by molar-refractivity contribution is 0.231. The van der Waals surface area contributed by atoms with Crippen LogP contribution in [0.5, 0.6) is 0 Å². The van der Waals surface area contributed by atoms with Gasteiger partial charge in [-0.3, -0.25) is 0 Å². The summed E-state index contributed by atoms with van der Waals surface area (Å²) in [5.41, 5.74) is 5.88. The van der Waals surface area contributed by atoms with Gasteiger partial charge in [-0.25, -0.2) is 0 Å². The van der Waals surface area contributed by atoms with E-state index >= 15 is 0 Å². The molecule has 0 aromatic carbocycles. The second-order valence-corrected chi connectivity index (χ2v) is 4.66. The van der Waals surface area contributed by atoms with Crippen molar-refractivity contribution in [1.82, 2.24) is 5.32 Å². The minimum atomic E-state index is 0.365. The van der Waals surface area contributed by atoms with E-state index in [-0.39, 0.29) is 0 Å². The van der Waals surface area contributed by atoms with E-state index in [9.17, 15) is 0 Å². The molecule has 1 atom stereocenters. The summed E-state index contributed by atoms with van der Waals surface area (Å²) in [6.45, 7) is 13.0. The van der Waals surface area contributed by atoms with Gasteiger partial charge in [0.05, 0.1) is 0 Å². The van der Waals surface area contributed by atoms with Crippen LogP contribution in [0.25, 0.3) is 0 Å². The average Bonchev–Trinajstić information content (AvgIpc) is 2.00. The van der Waals surface area contributed by atoms with Crippen molar-refractivity contribution in [3.63, 3.8) is 0 Å². The summed E-state index contributed by atoms with van der Waals surface area (Å²) in [4.78, 5) is 0. The lowest BCUT2D eigenvalue weighted by Gasteiger charge is -2.30. The van der Waals surface area contributed by atoms with Crippen LogP contribution < -0.4 is 11.1 Å². The number of rotatable bonds is 5. The van der Waals surface area contributed by atoms with Crippen molar-refractivity contribution in [1.29, 1.82) is 0 Å². The molecule has 1 unspecified atom stereocenters. The van der Waals surface area contributed by atoms with E-state index < -0.39 is 0 Å². The summed E-state index contributed by atoms with van der Waals surface area (Å²) in [7, 11) is 0. The van der Waals surface area contributed by atoms with Crippen molar-refractivity contribution in [2.75, 3.05) is 13.1 Å². The predicted molar refractivity (Wildman–Crippen MR) is 55.1 cm³/mol. The van der Waals surface area contributed by atoms with Gasteiger partial charge in [0.1, 0.15) is 0 Å². The smallest absolute Gasteiger partial charge is 0.0162 e. The van der Waals surface area contributed by atoms with E-state index in [1.54, 1.807) is 0 Å². The molecule has 0 spiro atoms. The number of nitrogens with two attached hydrogens (primary N) is 1. The van der Waals surface area contributed by atoms with Crippen LogP contribution in [-0.4, -0.2) is 19.1 Å². The summed E-state index contributed by atoms with van der Waals surface area (Å²) < 4.78 is 0. The summed E-state index contributed by atoms with van der Waals surface area (Å²) in [6, 6.07) is 0.433. The monoisotopic (exact) mass is 172 g/mol. The molecule has 0 aliphatic carbocycles. The third-order valence-electron chi connectivity index (χ3n) is 2.82. The van der Waals surface area contributed by atoms with Crippen LogP contribution in [0.3, 0.4) is 0 Å². The Hall–Kier alpha value is -0.0800.